The molecule has 0 radical (unpaired) electrons. The SMILES string of the molecule is C#CCn1c(=O)n(C)c(=O)n2c(C)c(Cl)nc12. The van der Waals surface area contributed by atoms with Crippen molar-refractivity contribution in [2.45, 2.75) is 13.5 Å². The quantitative estimate of drug-likeness (QED) is 0.660. The predicted molar refractivity (Wildman–Crippen MR) is 63.3 cm³/mol. The Morgan fingerprint density at radius 2 is 2.06 bits per heavy atom. The zero-order chi connectivity index (χ0) is 12.7. The highest BCUT2D eigenvalue weighted by molar-refractivity contribution is 6.30. The van der Waals surface area contributed by atoms with Crippen molar-refractivity contribution >= 4 is 17.4 Å². The van der Waals surface area contributed by atoms with Crippen molar-refractivity contribution in [3.63, 3.8) is 0 Å². The van der Waals surface area contributed by atoms with Crippen molar-refractivity contribution in [2.75, 3.05) is 0 Å². The van der Waals surface area contributed by atoms with Crippen LogP contribution in [-0.4, -0.2) is 18.5 Å². The molecule has 7 heteroatoms. The maximum atomic E-state index is 11.9. The normalized spacial score (nSPS) is 10.7. The van der Waals surface area contributed by atoms with E-state index in [-0.39, 0.29) is 17.5 Å². The Labute approximate surface area is 101 Å². The van der Waals surface area contributed by atoms with E-state index in [2.05, 4.69) is 10.9 Å². The first-order valence-electron chi connectivity index (χ1n) is 4.77. The van der Waals surface area contributed by atoms with Crippen LogP contribution in [0.15, 0.2) is 9.59 Å². The van der Waals surface area contributed by atoms with E-state index in [0.29, 0.717) is 5.69 Å². The van der Waals surface area contributed by atoms with Crippen LogP contribution in [0, 0.1) is 19.3 Å². The fraction of sp³-hybridized carbons (Fsp3) is 0.300. The second-order valence-corrected chi connectivity index (χ2v) is 3.90. The van der Waals surface area contributed by atoms with Crippen LogP contribution in [0.2, 0.25) is 5.15 Å². The molecule has 88 valence electrons. The number of hydrogen-bond acceptors (Lipinski definition) is 3. The molecule has 0 amide bonds. The number of aryl methyl sites for hydroxylation is 1. The number of hydrogen-bond donors (Lipinski definition) is 0. The molecule has 0 aromatic carbocycles. The molecule has 6 nitrogen and oxygen atoms in total. The molecule has 2 aromatic heterocycles. The van der Waals surface area contributed by atoms with Gasteiger partial charge in [0.15, 0.2) is 5.15 Å². The summed E-state index contributed by atoms with van der Waals surface area (Å²) >= 11 is 5.85. The summed E-state index contributed by atoms with van der Waals surface area (Å²) in [6.45, 7) is 1.68. The summed E-state index contributed by atoms with van der Waals surface area (Å²) in [5.74, 6) is 2.51. The van der Waals surface area contributed by atoms with Crippen molar-refractivity contribution in [1.82, 2.24) is 18.5 Å². The van der Waals surface area contributed by atoms with Gasteiger partial charge >= 0.3 is 11.4 Å². The minimum atomic E-state index is -0.512. The highest BCUT2D eigenvalue weighted by Crippen LogP contribution is 2.13. The van der Waals surface area contributed by atoms with Gasteiger partial charge in [0.25, 0.3) is 0 Å². The summed E-state index contributed by atoms with van der Waals surface area (Å²) in [5, 5.41) is 0.179. The van der Waals surface area contributed by atoms with Gasteiger partial charge < -0.3 is 0 Å². The minimum absolute atomic E-state index is 0.0310. The Morgan fingerprint density at radius 3 is 2.65 bits per heavy atom. The van der Waals surface area contributed by atoms with Crippen molar-refractivity contribution in [3.05, 3.63) is 31.8 Å². The highest BCUT2D eigenvalue weighted by Gasteiger charge is 2.15. The molecular formula is C10H9ClN4O2. The summed E-state index contributed by atoms with van der Waals surface area (Å²) in [7, 11) is 1.38. The number of nitrogens with zero attached hydrogens (tertiary/aromatic N) is 4. The van der Waals surface area contributed by atoms with Crippen LogP contribution < -0.4 is 11.4 Å². The number of rotatable bonds is 1. The monoisotopic (exact) mass is 252 g/mol. The molecular weight excluding hydrogens is 244 g/mol. The number of imidazole rings is 1. The molecule has 0 bridgehead atoms. The van der Waals surface area contributed by atoms with Gasteiger partial charge in [0.05, 0.1) is 12.2 Å². The molecule has 0 aliphatic heterocycles. The van der Waals surface area contributed by atoms with E-state index >= 15 is 0 Å². The number of fused-ring (bicyclic) bond motifs is 1. The van der Waals surface area contributed by atoms with Crippen LogP contribution in [-0.2, 0) is 13.6 Å². The van der Waals surface area contributed by atoms with Gasteiger partial charge in [-0.15, -0.1) is 6.42 Å². The van der Waals surface area contributed by atoms with Crippen molar-refractivity contribution in [1.29, 1.82) is 0 Å². The Morgan fingerprint density at radius 1 is 1.41 bits per heavy atom. The van der Waals surface area contributed by atoms with Gasteiger partial charge in [-0.3, -0.25) is 4.57 Å². The zero-order valence-electron chi connectivity index (χ0n) is 9.27. The van der Waals surface area contributed by atoms with Crippen LogP contribution in [0.3, 0.4) is 0 Å². The first-order valence-corrected chi connectivity index (χ1v) is 5.14. The Kier molecular flexibility index (Phi) is 2.56. The second kappa shape index (κ2) is 3.79. The molecule has 2 rings (SSSR count). The van der Waals surface area contributed by atoms with Crippen LogP contribution in [0.1, 0.15) is 5.69 Å². The summed E-state index contributed by atoms with van der Waals surface area (Å²) in [5.41, 5.74) is -0.523. The average Bonchev–Trinajstić information content (AvgIpc) is 2.59. The van der Waals surface area contributed by atoms with Gasteiger partial charge in [0.1, 0.15) is 0 Å². The van der Waals surface area contributed by atoms with Crippen LogP contribution >= 0.6 is 11.6 Å². The van der Waals surface area contributed by atoms with E-state index in [1.807, 2.05) is 0 Å². The molecule has 0 atom stereocenters. The molecule has 17 heavy (non-hydrogen) atoms. The molecule has 0 saturated carbocycles. The third-order valence-electron chi connectivity index (χ3n) is 2.52. The van der Waals surface area contributed by atoms with E-state index in [9.17, 15) is 9.59 Å². The highest BCUT2D eigenvalue weighted by atomic mass is 35.5. The van der Waals surface area contributed by atoms with E-state index in [1.165, 1.54) is 16.0 Å². The summed E-state index contributed by atoms with van der Waals surface area (Å²) in [6.07, 6.45) is 5.19. The van der Waals surface area contributed by atoms with Gasteiger partial charge in [0.2, 0.25) is 5.78 Å². The zero-order valence-corrected chi connectivity index (χ0v) is 10.0. The Hall–Kier alpha value is -2.00. The maximum absolute atomic E-state index is 11.9. The fourth-order valence-electron chi connectivity index (χ4n) is 1.60. The smallest absolute Gasteiger partial charge is 0.251 e. The lowest BCUT2D eigenvalue weighted by molar-refractivity contribution is 0.626. The van der Waals surface area contributed by atoms with Gasteiger partial charge in [-0.2, -0.15) is 4.98 Å². The van der Waals surface area contributed by atoms with Crippen LogP contribution in [0.25, 0.3) is 5.78 Å². The molecule has 2 heterocycles. The standard InChI is InChI=1S/C10H9ClN4O2/c1-4-5-14-8-12-7(11)6(2)15(8)10(17)13(3)9(14)16/h1H,5H2,2-3H3. The fourth-order valence-corrected chi connectivity index (χ4v) is 1.76. The lowest BCUT2D eigenvalue weighted by Crippen LogP contribution is -2.42. The van der Waals surface area contributed by atoms with E-state index in [1.54, 1.807) is 6.92 Å². The largest absolute Gasteiger partial charge is 0.339 e. The third kappa shape index (κ3) is 1.47. The van der Waals surface area contributed by atoms with Crippen molar-refractivity contribution < 1.29 is 0 Å². The molecule has 0 aliphatic rings. The van der Waals surface area contributed by atoms with E-state index in [4.69, 9.17) is 18.0 Å². The molecule has 0 fully saturated rings. The molecule has 0 spiro atoms. The van der Waals surface area contributed by atoms with Crippen molar-refractivity contribution in [2.24, 2.45) is 7.05 Å². The summed E-state index contributed by atoms with van der Waals surface area (Å²) in [6, 6.07) is 0. The van der Waals surface area contributed by atoms with Crippen LogP contribution in [0.5, 0.6) is 0 Å². The third-order valence-corrected chi connectivity index (χ3v) is 2.88. The van der Waals surface area contributed by atoms with Crippen LogP contribution in [0.4, 0.5) is 0 Å². The number of halogens is 1. The van der Waals surface area contributed by atoms with Crippen molar-refractivity contribution in [3.8, 4) is 12.3 Å². The maximum Gasteiger partial charge on any atom is 0.339 e. The van der Waals surface area contributed by atoms with E-state index < -0.39 is 11.4 Å². The summed E-state index contributed by atoms with van der Waals surface area (Å²) in [4.78, 5) is 27.7. The lowest BCUT2D eigenvalue weighted by Gasteiger charge is -2.06. The molecule has 0 N–H and O–H groups in total. The first kappa shape index (κ1) is 11.5. The lowest BCUT2D eigenvalue weighted by atomic mass is 10.5. The average molecular weight is 253 g/mol. The predicted octanol–water partition coefficient (Wildman–Crippen LogP) is -0.210. The molecule has 0 aliphatic carbocycles. The minimum Gasteiger partial charge on any atom is -0.251 e. The van der Waals surface area contributed by atoms with Gasteiger partial charge in [0, 0.05) is 7.05 Å². The number of aromatic nitrogens is 4. The molecule has 0 unspecified atom stereocenters. The van der Waals surface area contributed by atoms with Gasteiger partial charge in [-0.05, 0) is 6.92 Å². The molecule has 2 aromatic rings. The second-order valence-electron chi connectivity index (χ2n) is 3.54. The first-order chi connectivity index (χ1) is 7.99. The topological polar surface area (TPSA) is 61.3 Å². The van der Waals surface area contributed by atoms with Gasteiger partial charge in [-0.1, -0.05) is 17.5 Å². The Bertz CT molecular complexity index is 760. The molecule has 0 saturated heterocycles. The van der Waals surface area contributed by atoms with Gasteiger partial charge in [-0.25, -0.2) is 18.6 Å². The van der Waals surface area contributed by atoms with E-state index in [0.717, 1.165) is 4.57 Å². The summed E-state index contributed by atoms with van der Waals surface area (Å²) < 4.78 is 3.46. The Balaban J connectivity index is 3.11. The number of terminal acetylenes is 1.